The minimum Gasteiger partial charge on any atom is -0.493 e. The predicted octanol–water partition coefficient (Wildman–Crippen LogP) is 1.99. The van der Waals surface area contributed by atoms with Crippen molar-refractivity contribution in [1.82, 2.24) is 5.32 Å². The molecular weight excluding hydrogens is 226 g/mol. The first-order valence-electron chi connectivity index (χ1n) is 6.92. The minimum absolute atomic E-state index is 0.175. The minimum atomic E-state index is 0.175. The van der Waals surface area contributed by atoms with E-state index in [0.29, 0.717) is 6.42 Å². The summed E-state index contributed by atoms with van der Waals surface area (Å²) in [4.78, 5) is 0. The largest absolute Gasteiger partial charge is 0.493 e. The Morgan fingerprint density at radius 1 is 1.22 bits per heavy atom. The van der Waals surface area contributed by atoms with E-state index in [2.05, 4.69) is 5.32 Å². The Morgan fingerprint density at radius 3 is 2.78 bits per heavy atom. The molecule has 1 aliphatic heterocycles. The fourth-order valence-corrected chi connectivity index (χ4v) is 2.48. The first kappa shape index (κ1) is 13.4. The van der Waals surface area contributed by atoms with E-state index in [1.807, 2.05) is 24.3 Å². The average Bonchev–Trinajstić information content (AvgIpc) is 2.42. The van der Waals surface area contributed by atoms with E-state index in [0.717, 1.165) is 43.3 Å². The van der Waals surface area contributed by atoms with E-state index in [-0.39, 0.29) is 6.61 Å². The molecule has 1 aromatic carbocycles. The van der Waals surface area contributed by atoms with Gasteiger partial charge in [0.25, 0.3) is 0 Å². The molecule has 100 valence electrons. The van der Waals surface area contributed by atoms with Crippen molar-refractivity contribution in [3.63, 3.8) is 0 Å². The summed E-state index contributed by atoms with van der Waals surface area (Å²) in [5.74, 6) is 1.73. The molecule has 0 atom stereocenters. The molecule has 0 amide bonds. The second-order valence-electron chi connectivity index (χ2n) is 4.91. The van der Waals surface area contributed by atoms with Gasteiger partial charge in [-0.05, 0) is 56.3 Å². The number of aliphatic hydroxyl groups excluding tert-OH is 1. The molecule has 2 N–H and O–H groups in total. The van der Waals surface area contributed by atoms with Crippen LogP contribution < -0.4 is 10.1 Å². The van der Waals surface area contributed by atoms with Gasteiger partial charge in [-0.25, -0.2) is 0 Å². The summed E-state index contributed by atoms with van der Waals surface area (Å²) in [5.41, 5.74) is 1.10. The molecule has 1 heterocycles. The van der Waals surface area contributed by atoms with Gasteiger partial charge >= 0.3 is 0 Å². The standard InChI is InChI=1S/C15H23NO2/c17-11-7-14-3-1-2-4-15(14)18-12-8-13-5-9-16-10-6-13/h1-4,13,16-17H,5-12H2. The number of piperidine rings is 1. The van der Waals surface area contributed by atoms with E-state index in [1.165, 1.54) is 12.8 Å². The van der Waals surface area contributed by atoms with Crippen molar-refractivity contribution < 1.29 is 9.84 Å². The fourth-order valence-electron chi connectivity index (χ4n) is 2.48. The summed E-state index contributed by atoms with van der Waals surface area (Å²) in [6.45, 7) is 3.25. The summed E-state index contributed by atoms with van der Waals surface area (Å²) >= 11 is 0. The number of aliphatic hydroxyl groups is 1. The van der Waals surface area contributed by atoms with Gasteiger partial charge in [-0.1, -0.05) is 18.2 Å². The maximum absolute atomic E-state index is 9.01. The molecule has 0 aliphatic carbocycles. The zero-order chi connectivity index (χ0) is 12.6. The number of rotatable bonds is 6. The lowest BCUT2D eigenvalue weighted by Crippen LogP contribution is -2.28. The number of hydrogen-bond acceptors (Lipinski definition) is 3. The van der Waals surface area contributed by atoms with Crippen LogP contribution in [0.5, 0.6) is 5.75 Å². The summed E-state index contributed by atoms with van der Waals surface area (Å²) in [6, 6.07) is 7.99. The van der Waals surface area contributed by atoms with E-state index in [1.54, 1.807) is 0 Å². The van der Waals surface area contributed by atoms with Crippen LogP contribution >= 0.6 is 0 Å². The zero-order valence-electron chi connectivity index (χ0n) is 10.9. The monoisotopic (exact) mass is 249 g/mol. The van der Waals surface area contributed by atoms with Crippen LogP contribution in [0.15, 0.2) is 24.3 Å². The van der Waals surface area contributed by atoms with E-state index >= 15 is 0 Å². The van der Waals surface area contributed by atoms with Gasteiger partial charge in [0, 0.05) is 6.61 Å². The van der Waals surface area contributed by atoms with Gasteiger partial charge in [0.1, 0.15) is 5.75 Å². The highest BCUT2D eigenvalue weighted by molar-refractivity contribution is 5.33. The van der Waals surface area contributed by atoms with E-state index < -0.39 is 0 Å². The highest BCUT2D eigenvalue weighted by Crippen LogP contribution is 2.20. The molecule has 2 rings (SSSR count). The van der Waals surface area contributed by atoms with Crippen LogP contribution in [0.3, 0.4) is 0 Å². The average molecular weight is 249 g/mol. The quantitative estimate of drug-likeness (QED) is 0.810. The first-order valence-corrected chi connectivity index (χ1v) is 6.92. The number of para-hydroxylation sites is 1. The summed E-state index contributed by atoms with van der Waals surface area (Å²) in [5, 5.41) is 12.4. The van der Waals surface area contributed by atoms with Crippen LogP contribution in [0, 0.1) is 5.92 Å². The van der Waals surface area contributed by atoms with Gasteiger partial charge < -0.3 is 15.2 Å². The SMILES string of the molecule is OCCc1ccccc1OCCC1CCNCC1. The maximum atomic E-state index is 9.01. The maximum Gasteiger partial charge on any atom is 0.122 e. The highest BCUT2D eigenvalue weighted by atomic mass is 16.5. The molecule has 1 aromatic rings. The van der Waals surface area contributed by atoms with Crippen molar-refractivity contribution >= 4 is 0 Å². The Morgan fingerprint density at radius 2 is 2.00 bits per heavy atom. The lowest BCUT2D eigenvalue weighted by molar-refractivity contribution is 0.247. The molecular formula is C15H23NO2. The number of nitrogens with one attached hydrogen (secondary N) is 1. The van der Waals surface area contributed by atoms with Gasteiger partial charge in [-0.3, -0.25) is 0 Å². The Balaban J connectivity index is 1.78. The predicted molar refractivity (Wildman–Crippen MR) is 72.9 cm³/mol. The normalized spacial score (nSPS) is 16.7. The van der Waals surface area contributed by atoms with Gasteiger partial charge in [0.05, 0.1) is 6.61 Å². The summed E-state index contributed by atoms with van der Waals surface area (Å²) < 4.78 is 5.86. The van der Waals surface area contributed by atoms with Crippen molar-refractivity contribution in [3.05, 3.63) is 29.8 Å². The molecule has 0 spiro atoms. The second kappa shape index (κ2) is 7.39. The van der Waals surface area contributed by atoms with Crippen molar-refractivity contribution in [3.8, 4) is 5.75 Å². The number of benzene rings is 1. The third-order valence-corrected chi connectivity index (χ3v) is 3.60. The van der Waals surface area contributed by atoms with Gasteiger partial charge in [-0.15, -0.1) is 0 Å². The Bertz CT molecular complexity index is 348. The number of hydrogen-bond donors (Lipinski definition) is 2. The Kier molecular flexibility index (Phi) is 5.49. The van der Waals surface area contributed by atoms with Gasteiger partial charge in [0.15, 0.2) is 0 Å². The second-order valence-corrected chi connectivity index (χ2v) is 4.91. The third kappa shape index (κ3) is 4.00. The van der Waals surface area contributed by atoms with Crippen molar-refractivity contribution in [2.24, 2.45) is 5.92 Å². The van der Waals surface area contributed by atoms with Crippen LogP contribution in [0.25, 0.3) is 0 Å². The third-order valence-electron chi connectivity index (χ3n) is 3.60. The van der Waals surface area contributed by atoms with Crippen molar-refractivity contribution in [1.29, 1.82) is 0 Å². The topological polar surface area (TPSA) is 41.5 Å². The van der Waals surface area contributed by atoms with Gasteiger partial charge in [0.2, 0.25) is 0 Å². The number of ether oxygens (including phenoxy) is 1. The van der Waals surface area contributed by atoms with Gasteiger partial charge in [-0.2, -0.15) is 0 Å². The molecule has 0 bridgehead atoms. The molecule has 0 aromatic heterocycles. The Hall–Kier alpha value is -1.06. The van der Waals surface area contributed by atoms with E-state index in [9.17, 15) is 0 Å². The van der Waals surface area contributed by atoms with Crippen LogP contribution in [-0.2, 0) is 6.42 Å². The summed E-state index contributed by atoms with van der Waals surface area (Å²) in [7, 11) is 0. The molecule has 0 unspecified atom stereocenters. The van der Waals surface area contributed by atoms with Crippen LogP contribution in [0.1, 0.15) is 24.8 Å². The van der Waals surface area contributed by atoms with Crippen LogP contribution in [0.2, 0.25) is 0 Å². The molecule has 1 aliphatic rings. The lowest BCUT2D eigenvalue weighted by atomic mass is 9.95. The van der Waals surface area contributed by atoms with Crippen molar-refractivity contribution in [2.45, 2.75) is 25.7 Å². The lowest BCUT2D eigenvalue weighted by Gasteiger charge is -2.22. The fraction of sp³-hybridized carbons (Fsp3) is 0.600. The molecule has 0 radical (unpaired) electrons. The molecule has 3 heteroatoms. The van der Waals surface area contributed by atoms with Crippen molar-refractivity contribution in [2.75, 3.05) is 26.3 Å². The molecule has 1 fully saturated rings. The first-order chi connectivity index (χ1) is 8.90. The highest BCUT2D eigenvalue weighted by Gasteiger charge is 2.13. The molecule has 3 nitrogen and oxygen atoms in total. The molecule has 18 heavy (non-hydrogen) atoms. The summed E-state index contributed by atoms with van der Waals surface area (Å²) in [6.07, 6.45) is 4.34. The van der Waals surface area contributed by atoms with Crippen LogP contribution in [-0.4, -0.2) is 31.4 Å². The smallest absolute Gasteiger partial charge is 0.122 e. The molecule has 1 saturated heterocycles. The Labute approximate surface area is 109 Å². The molecule has 0 saturated carbocycles. The van der Waals surface area contributed by atoms with Crippen LogP contribution in [0.4, 0.5) is 0 Å². The zero-order valence-corrected chi connectivity index (χ0v) is 10.9. The van der Waals surface area contributed by atoms with E-state index in [4.69, 9.17) is 9.84 Å².